The van der Waals surface area contributed by atoms with Crippen LogP contribution >= 0.6 is 0 Å². The van der Waals surface area contributed by atoms with Gasteiger partial charge in [0.1, 0.15) is 35.8 Å². The summed E-state index contributed by atoms with van der Waals surface area (Å²) >= 11 is 0. The van der Waals surface area contributed by atoms with Crippen molar-refractivity contribution in [3.05, 3.63) is 177 Å². The topological polar surface area (TPSA) is 68.7 Å². The van der Waals surface area contributed by atoms with Gasteiger partial charge in [-0.1, -0.05) is 318 Å². The van der Waals surface area contributed by atoms with Gasteiger partial charge in [0, 0.05) is 67.7 Å². The Morgan fingerprint density at radius 2 is 0.509 bits per heavy atom. The maximum atomic E-state index is 15.5. The van der Waals surface area contributed by atoms with E-state index in [1.807, 2.05) is 8.80 Å². The van der Waals surface area contributed by atoms with Crippen LogP contribution in [0, 0.1) is 0 Å². The molecule has 0 saturated heterocycles. The number of aromatic nitrogens is 4. The van der Waals surface area contributed by atoms with E-state index in [0.29, 0.717) is 10.8 Å². The van der Waals surface area contributed by atoms with Gasteiger partial charge in [-0.2, -0.15) is 0 Å². The lowest BCUT2D eigenvalue weighted by Gasteiger charge is -2.39. The number of pyridine rings is 2. The fourth-order valence-electron chi connectivity index (χ4n) is 19.1. The minimum Gasteiger partial charge on any atom is -1.00 e. The van der Waals surface area contributed by atoms with E-state index >= 15 is 9.59 Å². The van der Waals surface area contributed by atoms with Crippen LogP contribution in [0.25, 0.3) is 98.0 Å². The Kier molecular flexibility index (Phi) is 31.0. The Bertz CT molecular complexity index is 4630. The van der Waals surface area contributed by atoms with Gasteiger partial charge in [0.05, 0.1) is 48.2 Å². The molecule has 0 spiro atoms. The van der Waals surface area contributed by atoms with E-state index in [4.69, 9.17) is 9.97 Å². The first kappa shape index (κ1) is 82.0. The molecule has 0 fully saturated rings. The third kappa shape index (κ3) is 18.8. The van der Waals surface area contributed by atoms with Gasteiger partial charge in [-0.15, -0.1) is 0 Å². The molecular weight excluding hydrogens is 1360 g/mol. The molecule has 0 N–H and O–H groups in total. The number of hydrogen-bond acceptors (Lipinski definition) is 4. The summed E-state index contributed by atoms with van der Waals surface area (Å²) in [5.74, 6) is 0. The van der Waals surface area contributed by atoms with Crippen molar-refractivity contribution in [3.63, 3.8) is 0 Å². The van der Waals surface area contributed by atoms with E-state index in [1.54, 1.807) is 0 Å². The first-order valence-corrected chi connectivity index (χ1v) is 43.5. The second-order valence-corrected chi connectivity index (χ2v) is 32.8. The highest BCUT2D eigenvalue weighted by Crippen LogP contribution is 2.47. The van der Waals surface area contributed by atoms with Crippen LogP contribution in [-0.2, 0) is 13.1 Å². The van der Waals surface area contributed by atoms with Gasteiger partial charge in [-0.3, -0.25) is 27.4 Å². The van der Waals surface area contributed by atoms with Crippen LogP contribution in [0.5, 0.6) is 0 Å². The standard InChI is InChI=1S/C98H128N6O2.2ClH/c1-5-9-13-17-21-25-29-33-37-47-67-103(73-75-51-43-41-44-52-75,68-48-38-34-30-26-22-18-14-10-6-2)77-55-65-89-87(71-77)99-95-83-61-57-79-82-60-64-86-94-84(62-58-80(92(82)94)81-59-63-85(93(83)91(79)81)97(105)101(89)95)96-100-88-72-78(56-66-90(88)102(96)98(86)106)104(74-76-53-45-42-46-54-76,69-49-39-35-31-27-23-19-15-11-7-3)70-50-40-36-32-28-24-20-16-12-8-4;;/h41-46,51-66,71-72H,5-40,47-50,67-70,73-74H2,1-4H3;2*1H/q+2;;/p-2. The minimum atomic E-state index is -0.0281. The molecule has 0 radical (unpaired) electrons. The molecule has 13 aromatic rings. The number of quaternary nitrogens is 2. The van der Waals surface area contributed by atoms with E-state index < -0.39 is 0 Å². The average Bonchev–Trinajstić information content (AvgIpc) is 0.967. The number of unbranched alkanes of at least 4 members (excludes halogenated alkanes) is 36. The number of imidazole rings is 2. The van der Waals surface area contributed by atoms with E-state index in [1.165, 1.54) is 279 Å². The maximum Gasteiger partial charge on any atom is 0.264 e. The third-order valence-corrected chi connectivity index (χ3v) is 25.0. The molecule has 0 aliphatic heterocycles. The number of nitrogens with zero attached hydrogens (tertiary/aromatic N) is 6. The summed E-state index contributed by atoms with van der Waals surface area (Å²) in [7, 11) is 0. The molecule has 0 amide bonds. The molecule has 10 heteroatoms. The molecule has 576 valence electrons. The van der Waals surface area contributed by atoms with Crippen LogP contribution in [-0.4, -0.2) is 44.9 Å². The fourth-order valence-corrected chi connectivity index (χ4v) is 19.1. The molecule has 0 bridgehead atoms. The van der Waals surface area contributed by atoms with E-state index in [9.17, 15) is 0 Å². The molecule has 8 nitrogen and oxygen atoms in total. The zero-order chi connectivity index (χ0) is 72.9. The van der Waals surface area contributed by atoms with E-state index in [-0.39, 0.29) is 35.9 Å². The monoisotopic (exact) mass is 1490 g/mol. The van der Waals surface area contributed by atoms with Crippen LogP contribution in [0.4, 0.5) is 11.4 Å². The first-order valence-electron chi connectivity index (χ1n) is 43.5. The van der Waals surface area contributed by atoms with Crippen molar-refractivity contribution in [3.8, 4) is 0 Å². The smallest absolute Gasteiger partial charge is 0.264 e. The van der Waals surface area contributed by atoms with Crippen molar-refractivity contribution < 1.29 is 24.8 Å². The highest BCUT2D eigenvalue weighted by Gasteiger charge is 2.34. The summed E-state index contributed by atoms with van der Waals surface area (Å²) in [5, 5.41) is 11.8. The largest absolute Gasteiger partial charge is 1.00 e. The second-order valence-electron chi connectivity index (χ2n) is 32.8. The van der Waals surface area contributed by atoms with Gasteiger partial charge >= 0.3 is 0 Å². The predicted octanol–water partition coefficient (Wildman–Crippen LogP) is 21.9. The molecule has 0 aliphatic rings. The van der Waals surface area contributed by atoms with Gasteiger partial charge in [0.25, 0.3) is 11.1 Å². The molecule has 0 unspecified atom stereocenters. The Balaban J connectivity index is 0.00000580. The summed E-state index contributed by atoms with van der Waals surface area (Å²) in [6.07, 6.45) is 52.8. The second kappa shape index (κ2) is 40.8. The van der Waals surface area contributed by atoms with E-state index in [2.05, 4.69) is 173 Å². The van der Waals surface area contributed by atoms with Crippen molar-refractivity contribution in [1.82, 2.24) is 27.7 Å². The molecule has 4 heterocycles. The summed E-state index contributed by atoms with van der Waals surface area (Å²) in [6, 6.07) is 53.9. The van der Waals surface area contributed by atoms with E-state index in [0.717, 1.165) is 135 Å². The Hall–Kier alpha value is -6.94. The molecule has 4 aromatic heterocycles. The van der Waals surface area contributed by atoms with Crippen LogP contribution in [0.2, 0.25) is 0 Å². The van der Waals surface area contributed by atoms with Crippen LogP contribution in [0.3, 0.4) is 0 Å². The number of hydrogen-bond donors (Lipinski definition) is 0. The zero-order valence-corrected chi connectivity index (χ0v) is 68.2. The van der Waals surface area contributed by atoms with Gasteiger partial charge < -0.3 is 24.8 Å². The highest BCUT2D eigenvalue weighted by atomic mass is 35.5. The quantitative estimate of drug-likeness (QED) is 0.0165. The lowest BCUT2D eigenvalue weighted by atomic mass is 9.86. The maximum absolute atomic E-state index is 15.5. The summed E-state index contributed by atoms with van der Waals surface area (Å²) in [4.78, 5) is 42.2. The zero-order valence-electron chi connectivity index (χ0n) is 66.6. The Labute approximate surface area is 658 Å². The minimum absolute atomic E-state index is 0. The number of rotatable bonds is 50. The number of halogens is 2. The Morgan fingerprint density at radius 3 is 0.787 bits per heavy atom. The number of benzene rings is 9. The molecular formula is C98H128Cl2N6O2. The van der Waals surface area contributed by atoms with Gasteiger partial charge in [-0.25, -0.2) is 9.97 Å². The fraction of sp³-hybridized carbons (Fsp3) is 0.510. The normalized spacial score (nSPS) is 12.4. The molecule has 108 heavy (non-hydrogen) atoms. The Morgan fingerprint density at radius 1 is 0.269 bits per heavy atom. The van der Waals surface area contributed by atoms with Gasteiger partial charge in [0.2, 0.25) is 0 Å². The molecule has 13 rings (SSSR count). The van der Waals surface area contributed by atoms with Crippen LogP contribution in [0.15, 0.2) is 155 Å². The number of fused-ring (bicyclic) bond motifs is 10. The lowest BCUT2D eigenvalue weighted by Crippen LogP contribution is -3.00. The molecule has 9 aromatic carbocycles. The first-order chi connectivity index (χ1) is 52.3. The van der Waals surface area contributed by atoms with Crippen molar-refractivity contribution in [2.24, 2.45) is 0 Å². The molecule has 0 saturated carbocycles. The lowest BCUT2D eigenvalue weighted by molar-refractivity contribution is -0.00100. The van der Waals surface area contributed by atoms with Crippen LogP contribution in [0.1, 0.15) is 296 Å². The summed E-state index contributed by atoms with van der Waals surface area (Å²) < 4.78 is 5.61. The van der Waals surface area contributed by atoms with Crippen molar-refractivity contribution in [2.45, 2.75) is 298 Å². The molecule has 0 aliphatic carbocycles. The van der Waals surface area contributed by atoms with Crippen molar-refractivity contribution >= 4 is 109 Å². The highest BCUT2D eigenvalue weighted by molar-refractivity contribution is 6.40. The van der Waals surface area contributed by atoms with Gasteiger partial charge in [0.15, 0.2) is 0 Å². The summed E-state index contributed by atoms with van der Waals surface area (Å²) in [5.41, 5.74) is 10.2. The predicted molar refractivity (Wildman–Crippen MR) is 461 cm³/mol. The van der Waals surface area contributed by atoms with Crippen molar-refractivity contribution in [1.29, 1.82) is 0 Å². The third-order valence-electron chi connectivity index (χ3n) is 25.0. The van der Waals surface area contributed by atoms with Crippen LogP contribution < -0.4 is 44.9 Å². The van der Waals surface area contributed by atoms with Crippen molar-refractivity contribution in [2.75, 3.05) is 26.2 Å². The summed E-state index contributed by atoms with van der Waals surface area (Å²) in [6.45, 7) is 15.4. The SMILES string of the molecule is CCCCCCCCCCCC[N+](CCCCCCCCCCCC)(Cc1ccccc1)c1ccc2c(c1)nc1c3ccc4c5ccc6c(=O)n7c8ccc([N+](CCCCCCCCCCCC)(CCCCCCCCCCCC)Cc9ccccc9)cc8nc7c7ccc(c8ccc(c(=O)n21)c3c84)c5c67.[Cl-].[Cl-]. The van der Waals surface area contributed by atoms with Gasteiger partial charge in [-0.05, 0) is 120 Å². The molecule has 0 atom stereocenters. The average molecular weight is 1490 g/mol.